The molecule has 14 heavy (non-hydrogen) atoms. The van der Waals surface area contributed by atoms with Gasteiger partial charge in [0.05, 0.1) is 12.2 Å². The lowest BCUT2D eigenvalue weighted by atomic mass is 10.3. The van der Waals surface area contributed by atoms with Gasteiger partial charge in [-0.1, -0.05) is 0 Å². The number of nitrogens with zero attached hydrogens (tertiary/aromatic N) is 2. The molecule has 0 aliphatic rings. The van der Waals surface area contributed by atoms with Gasteiger partial charge in [-0.15, -0.1) is 0 Å². The fraction of sp³-hybridized carbons (Fsp3) is 0.111. The number of halogens is 1. The molecule has 0 radical (unpaired) electrons. The molecule has 0 amide bonds. The van der Waals surface area contributed by atoms with E-state index in [1.807, 2.05) is 12.1 Å². The molecule has 2 aromatic heterocycles. The molecule has 0 aromatic carbocycles. The van der Waals surface area contributed by atoms with Crippen LogP contribution < -0.4 is 5.69 Å². The Morgan fingerprint density at radius 1 is 1.50 bits per heavy atom. The standard InChI is InChI=1S/C9H8BrN3O/c10-7-1-2-8(12-5-7)6-13-4-3-11-9(13)14/h1-5H,6H2,(H,11,14). The topological polar surface area (TPSA) is 50.7 Å². The summed E-state index contributed by atoms with van der Waals surface area (Å²) >= 11 is 3.30. The number of nitrogens with one attached hydrogen (secondary N) is 1. The Hall–Kier alpha value is -1.36. The van der Waals surface area contributed by atoms with Crippen molar-refractivity contribution >= 4 is 15.9 Å². The first-order chi connectivity index (χ1) is 6.75. The van der Waals surface area contributed by atoms with Crippen molar-refractivity contribution in [2.45, 2.75) is 6.54 Å². The van der Waals surface area contributed by atoms with E-state index in [2.05, 4.69) is 25.9 Å². The highest BCUT2D eigenvalue weighted by atomic mass is 79.9. The molecule has 0 unspecified atom stereocenters. The molecule has 0 atom stereocenters. The lowest BCUT2D eigenvalue weighted by Crippen LogP contribution is -2.17. The maximum absolute atomic E-state index is 11.2. The van der Waals surface area contributed by atoms with Crippen molar-refractivity contribution in [3.05, 3.63) is 51.4 Å². The molecule has 1 N–H and O–H groups in total. The smallest absolute Gasteiger partial charge is 0.313 e. The number of pyridine rings is 1. The first kappa shape index (κ1) is 9.21. The van der Waals surface area contributed by atoms with E-state index in [0.717, 1.165) is 10.2 Å². The first-order valence-electron chi connectivity index (χ1n) is 4.10. The summed E-state index contributed by atoms with van der Waals surface area (Å²) in [7, 11) is 0. The Labute approximate surface area is 88.7 Å². The highest BCUT2D eigenvalue weighted by Crippen LogP contribution is 2.07. The third kappa shape index (κ3) is 1.93. The van der Waals surface area contributed by atoms with Crippen LogP contribution in [0, 0.1) is 0 Å². The summed E-state index contributed by atoms with van der Waals surface area (Å²) in [6, 6.07) is 3.78. The van der Waals surface area contributed by atoms with Gasteiger partial charge >= 0.3 is 5.69 Å². The van der Waals surface area contributed by atoms with Gasteiger partial charge in [0.2, 0.25) is 0 Å². The average molecular weight is 254 g/mol. The van der Waals surface area contributed by atoms with E-state index in [1.165, 1.54) is 0 Å². The molecule has 2 rings (SSSR count). The van der Waals surface area contributed by atoms with Crippen LogP contribution in [0.25, 0.3) is 0 Å². The number of imidazole rings is 1. The minimum Gasteiger partial charge on any atom is -0.313 e. The SMILES string of the molecule is O=c1[nH]ccn1Cc1ccc(Br)cn1. The van der Waals surface area contributed by atoms with Crippen LogP contribution in [0.15, 0.2) is 40.0 Å². The Balaban J connectivity index is 2.23. The maximum Gasteiger partial charge on any atom is 0.325 e. The van der Waals surface area contributed by atoms with Gasteiger partial charge in [0, 0.05) is 23.1 Å². The molecule has 0 saturated carbocycles. The normalized spacial score (nSPS) is 10.4. The number of hydrogen-bond donors (Lipinski definition) is 1. The monoisotopic (exact) mass is 253 g/mol. The van der Waals surface area contributed by atoms with Gasteiger partial charge in [-0.05, 0) is 28.1 Å². The largest absolute Gasteiger partial charge is 0.325 e. The second kappa shape index (κ2) is 3.79. The van der Waals surface area contributed by atoms with Gasteiger partial charge in [-0.3, -0.25) is 9.55 Å². The molecule has 72 valence electrons. The van der Waals surface area contributed by atoms with Gasteiger partial charge in [0.25, 0.3) is 0 Å². The van der Waals surface area contributed by atoms with Crippen LogP contribution in [-0.4, -0.2) is 14.5 Å². The number of aromatic nitrogens is 3. The summed E-state index contributed by atoms with van der Waals surface area (Å²) in [5.74, 6) is 0. The molecule has 2 aromatic rings. The second-order valence-electron chi connectivity index (χ2n) is 2.86. The van der Waals surface area contributed by atoms with Gasteiger partial charge in [-0.25, -0.2) is 4.79 Å². The third-order valence-corrected chi connectivity index (χ3v) is 2.31. The Bertz CT molecular complexity index is 471. The van der Waals surface area contributed by atoms with Gasteiger partial charge in [-0.2, -0.15) is 0 Å². The molecule has 0 spiro atoms. The minimum atomic E-state index is -0.116. The highest BCUT2D eigenvalue weighted by molar-refractivity contribution is 9.10. The number of H-pyrrole nitrogens is 1. The fourth-order valence-corrected chi connectivity index (χ4v) is 1.38. The van der Waals surface area contributed by atoms with Crippen LogP contribution in [0.2, 0.25) is 0 Å². The molecular formula is C9H8BrN3O. The van der Waals surface area contributed by atoms with Crippen molar-refractivity contribution in [2.75, 3.05) is 0 Å². The van der Waals surface area contributed by atoms with Crippen LogP contribution in [0.1, 0.15) is 5.69 Å². The second-order valence-corrected chi connectivity index (χ2v) is 3.78. The lowest BCUT2D eigenvalue weighted by molar-refractivity contribution is 0.741. The number of rotatable bonds is 2. The molecule has 0 aliphatic heterocycles. The highest BCUT2D eigenvalue weighted by Gasteiger charge is 1.98. The quantitative estimate of drug-likeness (QED) is 0.880. The van der Waals surface area contributed by atoms with Crippen LogP contribution in [0.4, 0.5) is 0 Å². The predicted molar refractivity (Wildman–Crippen MR) is 56.1 cm³/mol. The van der Waals surface area contributed by atoms with Gasteiger partial charge in [0.1, 0.15) is 0 Å². The van der Waals surface area contributed by atoms with Gasteiger partial charge < -0.3 is 4.98 Å². The van der Waals surface area contributed by atoms with Crippen molar-refractivity contribution < 1.29 is 0 Å². The van der Waals surface area contributed by atoms with E-state index >= 15 is 0 Å². The summed E-state index contributed by atoms with van der Waals surface area (Å²) in [5, 5.41) is 0. The zero-order valence-electron chi connectivity index (χ0n) is 7.27. The Morgan fingerprint density at radius 2 is 2.36 bits per heavy atom. The summed E-state index contributed by atoms with van der Waals surface area (Å²) in [5.41, 5.74) is 0.740. The molecule has 5 heteroatoms. The molecule has 0 aliphatic carbocycles. The van der Waals surface area contributed by atoms with E-state index in [-0.39, 0.29) is 5.69 Å². The summed E-state index contributed by atoms with van der Waals surface area (Å²) in [4.78, 5) is 17.9. The average Bonchev–Trinajstić information content (AvgIpc) is 2.56. The molecule has 0 fully saturated rings. The van der Waals surface area contributed by atoms with Crippen molar-refractivity contribution in [1.82, 2.24) is 14.5 Å². The molecule has 2 heterocycles. The zero-order valence-corrected chi connectivity index (χ0v) is 8.86. The van der Waals surface area contributed by atoms with Crippen molar-refractivity contribution in [3.8, 4) is 0 Å². The number of hydrogen-bond acceptors (Lipinski definition) is 2. The molecule has 0 saturated heterocycles. The summed E-state index contributed by atoms with van der Waals surface area (Å²) < 4.78 is 2.50. The zero-order chi connectivity index (χ0) is 9.97. The van der Waals surface area contributed by atoms with Crippen molar-refractivity contribution in [1.29, 1.82) is 0 Å². The van der Waals surface area contributed by atoms with Crippen molar-refractivity contribution in [2.24, 2.45) is 0 Å². The summed E-state index contributed by atoms with van der Waals surface area (Å²) in [6.45, 7) is 0.496. The maximum atomic E-state index is 11.2. The molecule has 0 bridgehead atoms. The molecular weight excluding hydrogens is 246 g/mol. The molecule has 4 nitrogen and oxygen atoms in total. The number of aromatic amines is 1. The van der Waals surface area contributed by atoms with Gasteiger partial charge in [0.15, 0.2) is 0 Å². The lowest BCUT2D eigenvalue weighted by Gasteiger charge is -2.00. The Morgan fingerprint density at radius 3 is 2.93 bits per heavy atom. The van der Waals surface area contributed by atoms with E-state index in [1.54, 1.807) is 23.2 Å². The first-order valence-corrected chi connectivity index (χ1v) is 4.89. The van der Waals surface area contributed by atoms with E-state index in [4.69, 9.17) is 0 Å². The van der Waals surface area contributed by atoms with E-state index in [0.29, 0.717) is 6.54 Å². The van der Waals surface area contributed by atoms with Crippen LogP contribution in [0.5, 0.6) is 0 Å². The van der Waals surface area contributed by atoms with Crippen molar-refractivity contribution in [3.63, 3.8) is 0 Å². The third-order valence-electron chi connectivity index (χ3n) is 1.84. The van der Waals surface area contributed by atoms with Crippen LogP contribution in [-0.2, 0) is 6.54 Å². The van der Waals surface area contributed by atoms with Crippen LogP contribution >= 0.6 is 15.9 Å². The fourth-order valence-electron chi connectivity index (χ4n) is 1.15. The van der Waals surface area contributed by atoms with Crippen LogP contribution in [0.3, 0.4) is 0 Å². The van der Waals surface area contributed by atoms with E-state index < -0.39 is 0 Å². The summed E-state index contributed by atoms with van der Waals surface area (Å²) in [6.07, 6.45) is 5.03. The van der Waals surface area contributed by atoms with E-state index in [9.17, 15) is 4.79 Å². The predicted octanol–water partition coefficient (Wildman–Crippen LogP) is 1.38. The minimum absolute atomic E-state index is 0.116. The Kier molecular flexibility index (Phi) is 2.49.